The van der Waals surface area contributed by atoms with Crippen molar-refractivity contribution >= 4 is 52.9 Å². The van der Waals surface area contributed by atoms with Crippen molar-refractivity contribution in [2.75, 3.05) is 45.7 Å². The van der Waals surface area contributed by atoms with Gasteiger partial charge >= 0.3 is 11.9 Å². The number of carbonyl (C=O) groups excluding carboxylic acids is 4. The van der Waals surface area contributed by atoms with Crippen LogP contribution in [0.2, 0.25) is 0 Å². The van der Waals surface area contributed by atoms with E-state index in [0.29, 0.717) is 66.2 Å². The molecule has 350 valence electrons. The molecule has 12 nitrogen and oxygen atoms in total. The topological polar surface area (TPSA) is 133 Å². The third-order valence-electron chi connectivity index (χ3n) is 14.7. The highest BCUT2D eigenvalue weighted by Gasteiger charge is 2.83. The molecule has 66 heavy (non-hydrogen) atoms. The monoisotopic (exact) mass is 917 g/mol. The van der Waals surface area contributed by atoms with Crippen molar-refractivity contribution in [3.05, 3.63) is 87.6 Å². The summed E-state index contributed by atoms with van der Waals surface area (Å²) in [4.78, 5) is 61.6. The van der Waals surface area contributed by atoms with Crippen LogP contribution < -0.4 is 19.5 Å². The molecule has 4 bridgehead atoms. The van der Waals surface area contributed by atoms with E-state index in [0.717, 1.165) is 46.8 Å². The molecule has 5 fully saturated rings. The van der Waals surface area contributed by atoms with Gasteiger partial charge in [0.2, 0.25) is 5.91 Å². The average Bonchev–Trinajstić information content (AvgIpc) is 3.35. The molecular formula is C53H63N3O9S. The number of fused-ring (bicyclic) bond motifs is 4. The summed E-state index contributed by atoms with van der Waals surface area (Å²) >= 11 is 1.64. The lowest BCUT2D eigenvalue weighted by Crippen LogP contribution is -2.75. The molecule has 13 heteroatoms. The van der Waals surface area contributed by atoms with Gasteiger partial charge in [-0.05, 0) is 112 Å². The second kappa shape index (κ2) is 16.9. The minimum atomic E-state index is -1.55. The van der Waals surface area contributed by atoms with Crippen LogP contribution in [0.15, 0.2) is 75.8 Å². The molecule has 1 N–H and O–H groups in total. The average molecular weight is 918 g/mol. The molecule has 2 aromatic carbocycles. The van der Waals surface area contributed by atoms with E-state index >= 15 is 4.79 Å². The summed E-state index contributed by atoms with van der Waals surface area (Å²) in [6.07, 6.45) is 12.1. The van der Waals surface area contributed by atoms with E-state index < -0.39 is 46.7 Å². The fraction of sp³-hybridized carbons (Fsp3) is 0.509. The van der Waals surface area contributed by atoms with Crippen LogP contribution in [0.25, 0.3) is 11.8 Å². The van der Waals surface area contributed by atoms with Crippen molar-refractivity contribution in [3.63, 3.8) is 0 Å². The number of ether oxygens (including phenoxy) is 5. The van der Waals surface area contributed by atoms with Gasteiger partial charge in [-0.2, -0.15) is 0 Å². The van der Waals surface area contributed by atoms with Crippen LogP contribution in [-0.4, -0.2) is 101 Å². The van der Waals surface area contributed by atoms with E-state index in [9.17, 15) is 14.4 Å². The number of carbonyl (C=O) groups is 4. The number of allylic oxidation sites excluding steroid dienone is 4. The number of nitrogens with zero attached hydrogens (tertiary/aromatic N) is 2. The molecule has 3 saturated carbocycles. The number of hydrogen-bond acceptors (Lipinski definition) is 12. The van der Waals surface area contributed by atoms with Gasteiger partial charge in [0.05, 0.1) is 35.2 Å². The number of rotatable bonds is 11. The minimum Gasteiger partial charge on any atom is -0.482 e. The van der Waals surface area contributed by atoms with E-state index in [1.165, 1.54) is 12.7 Å². The van der Waals surface area contributed by atoms with Gasteiger partial charge in [0.1, 0.15) is 23.5 Å². The zero-order chi connectivity index (χ0) is 47.1. The number of anilines is 1. The van der Waals surface area contributed by atoms with Crippen molar-refractivity contribution in [1.29, 1.82) is 0 Å². The maximum atomic E-state index is 15.7. The highest BCUT2D eigenvalue weighted by Crippen LogP contribution is 2.73. The number of ketones is 1. The zero-order valence-electron chi connectivity index (χ0n) is 40.0. The van der Waals surface area contributed by atoms with Gasteiger partial charge in [0.15, 0.2) is 22.7 Å². The van der Waals surface area contributed by atoms with Gasteiger partial charge in [-0.15, -0.1) is 11.8 Å². The van der Waals surface area contributed by atoms with Gasteiger partial charge in [0, 0.05) is 71.3 Å². The summed E-state index contributed by atoms with van der Waals surface area (Å²) in [5.74, 6) is -1.16. The van der Waals surface area contributed by atoms with Crippen molar-refractivity contribution < 1.29 is 42.9 Å². The number of likely N-dealkylation sites (N-methyl/N-ethyl adjacent to an activating group) is 1. The summed E-state index contributed by atoms with van der Waals surface area (Å²) in [6.45, 7) is 18.6. The van der Waals surface area contributed by atoms with Crippen molar-refractivity contribution in [2.45, 2.75) is 126 Å². The molecule has 6 atom stereocenters. The Bertz CT molecular complexity index is 2570. The first-order valence-electron chi connectivity index (χ1n) is 23.3. The molecule has 2 aromatic rings. The second-order valence-corrected chi connectivity index (χ2v) is 21.5. The molecule has 2 saturated heterocycles. The molecule has 0 aromatic heterocycles. The van der Waals surface area contributed by atoms with Gasteiger partial charge in [-0.1, -0.05) is 41.5 Å². The first-order chi connectivity index (χ1) is 31.3. The van der Waals surface area contributed by atoms with Crippen LogP contribution in [0.5, 0.6) is 17.2 Å². The summed E-state index contributed by atoms with van der Waals surface area (Å²) in [5.41, 5.74) is 2.34. The van der Waals surface area contributed by atoms with E-state index in [1.807, 2.05) is 65.1 Å². The summed E-state index contributed by atoms with van der Waals surface area (Å²) in [7, 11) is 3.36. The van der Waals surface area contributed by atoms with Crippen molar-refractivity contribution in [1.82, 2.24) is 9.80 Å². The number of piperazine rings is 1. The number of benzene rings is 2. The van der Waals surface area contributed by atoms with Crippen LogP contribution in [0.1, 0.15) is 104 Å². The molecule has 3 aliphatic carbocycles. The number of para-hydroxylation sites is 1. The number of thioether (sulfide) groups is 1. The summed E-state index contributed by atoms with van der Waals surface area (Å²) < 4.78 is 34.1. The zero-order valence-corrected chi connectivity index (χ0v) is 40.8. The lowest BCUT2D eigenvalue weighted by molar-refractivity contribution is -0.176. The third-order valence-corrected chi connectivity index (χ3v) is 16.2. The molecule has 1 amide bonds. The lowest BCUT2D eigenvalue weighted by Gasteiger charge is -2.60. The van der Waals surface area contributed by atoms with E-state index in [4.69, 9.17) is 23.7 Å². The maximum absolute atomic E-state index is 15.7. The Balaban J connectivity index is 1.32. The maximum Gasteiger partial charge on any atom is 0.333 e. The number of Topliss-reactive ketones (excluding diaryl/α,β-unsaturated/α-hetero) is 1. The predicted octanol–water partition coefficient (Wildman–Crippen LogP) is 8.88. The Kier molecular flexibility index (Phi) is 11.8. The van der Waals surface area contributed by atoms with Gasteiger partial charge < -0.3 is 38.8 Å². The molecule has 1 spiro atoms. The van der Waals surface area contributed by atoms with Gasteiger partial charge in [0.25, 0.3) is 0 Å². The summed E-state index contributed by atoms with van der Waals surface area (Å²) in [5, 5.41) is 3.49. The van der Waals surface area contributed by atoms with E-state index in [2.05, 4.69) is 49.2 Å². The van der Waals surface area contributed by atoms with Crippen LogP contribution >= 0.6 is 11.8 Å². The number of esters is 2. The fourth-order valence-corrected chi connectivity index (χ4v) is 12.9. The Morgan fingerprint density at radius 3 is 2.39 bits per heavy atom. The first kappa shape index (κ1) is 46.0. The van der Waals surface area contributed by atoms with E-state index in [1.54, 1.807) is 29.7 Å². The van der Waals surface area contributed by atoms with Crippen LogP contribution in [-0.2, 0) is 35.1 Å². The lowest BCUT2D eigenvalue weighted by atomic mass is 9.49. The SMILES string of the molecule is COC(=O)/C(C)=C\CC12OC(C)(C)C3CC(C1=O)C1Sc4ccccc4NC4=C1C32Oc1c(CC=C(C)C)c2c(c(OC(=O)CC(=O)N3CCN(C)CC3)c14)C=CC(C)(CCC=C(C)C)O2. The van der Waals surface area contributed by atoms with E-state index in [-0.39, 0.29) is 35.0 Å². The molecule has 0 radical (unpaired) electrons. The molecule has 8 aliphatic rings. The normalized spacial score (nSPS) is 28.6. The number of methoxy groups -OCH3 is 1. The number of nitrogens with one attached hydrogen (secondary N) is 1. The Morgan fingerprint density at radius 2 is 1.68 bits per heavy atom. The highest BCUT2D eigenvalue weighted by atomic mass is 32.2. The standard InChI is InChI=1S/C53H63N3O9S/c1-30(2)14-13-21-51(8)22-20-34-44(63-51)33(18-17-31(3)4)46-41(45(34)62-40(58)29-39(57)56-26-24-55(9)25-27-56)43-42-47(66-37-16-12-11-15-36(37)54-43)35-28-38-50(6,7)65-52(48(35)59,53(38,42)64-46)23-19-32(5)49(60)61-10/h11-12,14-17,19-20,22,35,38,47,54H,13,18,21,23-29H2,1-10H3/b32-19-. The van der Waals surface area contributed by atoms with Gasteiger partial charge in [-0.3, -0.25) is 14.4 Å². The minimum absolute atomic E-state index is 0.0613. The smallest absolute Gasteiger partial charge is 0.333 e. The Morgan fingerprint density at radius 1 is 0.955 bits per heavy atom. The summed E-state index contributed by atoms with van der Waals surface area (Å²) in [6, 6.07) is 8.05. The van der Waals surface area contributed by atoms with Crippen molar-refractivity contribution in [3.8, 4) is 17.2 Å². The third kappa shape index (κ3) is 7.44. The van der Waals surface area contributed by atoms with Crippen LogP contribution in [0, 0.1) is 11.8 Å². The Labute approximate surface area is 392 Å². The Hall–Kier alpha value is -5.11. The highest BCUT2D eigenvalue weighted by molar-refractivity contribution is 8.00. The second-order valence-electron chi connectivity index (χ2n) is 20.3. The predicted molar refractivity (Wildman–Crippen MR) is 256 cm³/mol. The van der Waals surface area contributed by atoms with Gasteiger partial charge in [-0.25, -0.2) is 4.79 Å². The molecule has 10 rings (SSSR count). The van der Waals surface area contributed by atoms with Crippen LogP contribution in [0.4, 0.5) is 5.69 Å². The first-order valence-corrected chi connectivity index (χ1v) is 24.2. The molecule has 5 heterocycles. The number of amides is 1. The quantitative estimate of drug-likeness (QED) is 0.0759. The molecule has 6 unspecified atom stereocenters. The largest absolute Gasteiger partial charge is 0.482 e. The van der Waals surface area contributed by atoms with Crippen molar-refractivity contribution in [2.24, 2.45) is 11.8 Å². The molecule has 5 aliphatic heterocycles. The molecular weight excluding hydrogens is 855 g/mol. The fourth-order valence-electron chi connectivity index (χ4n) is 11.4. The van der Waals surface area contributed by atoms with Crippen LogP contribution in [0.3, 0.4) is 0 Å². The number of hydrogen-bond donors (Lipinski definition) is 1.